The van der Waals surface area contributed by atoms with Crippen LogP contribution in [-0.4, -0.2) is 25.7 Å². The van der Waals surface area contributed by atoms with Crippen molar-refractivity contribution >= 4 is 11.7 Å². The van der Waals surface area contributed by atoms with Crippen molar-refractivity contribution in [2.75, 3.05) is 5.32 Å². The van der Waals surface area contributed by atoms with E-state index < -0.39 is 0 Å². The Morgan fingerprint density at radius 3 is 2.65 bits per heavy atom. The maximum absolute atomic E-state index is 12.5. The third-order valence-electron chi connectivity index (χ3n) is 4.43. The van der Waals surface area contributed by atoms with Crippen LogP contribution in [0.25, 0.3) is 5.95 Å². The Labute approximate surface area is 152 Å². The summed E-state index contributed by atoms with van der Waals surface area (Å²) < 4.78 is 1.55. The summed E-state index contributed by atoms with van der Waals surface area (Å²) in [5.41, 5.74) is 4.08. The second-order valence-corrected chi connectivity index (χ2v) is 6.82. The van der Waals surface area contributed by atoms with E-state index in [1.54, 1.807) is 16.9 Å². The van der Waals surface area contributed by atoms with Crippen LogP contribution in [0.2, 0.25) is 0 Å². The van der Waals surface area contributed by atoms with E-state index in [2.05, 4.69) is 32.5 Å². The van der Waals surface area contributed by atoms with Crippen molar-refractivity contribution in [1.82, 2.24) is 19.7 Å². The van der Waals surface area contributed by atoms with Gasteiger partial charge in [-0.05, 0) is 49.8 Å². The highest BCUT2D eigenvalue weighted by Crippen LogP contribution is 2.40. The van der Waals surface area contributed by atoms with E-state index in [4.69, 9.17) is 0 Å². The normalized spacial score (nSPS) is 13.6. The average molecular weight is 347 g/mol. The first-order valence-corrected chi connectivity index (χ1v) is 8.84. The van der Waals surface area contributed by atoms with E-state index in [0.717, 1.165) is 17.0 Å². The number of amides is 1. The minimum Gasteiger partial charge on any atom is -0.310 e. The largest absolute Gasteiger partial charge is 0.310 e. The number of rotatable bonds is 5. The first-order valence-electron chi connectivity index (χ1n) is 8.84. The summed E-state index contributed by atoms with van der Waals surface area (Å²) in [5, 5.41) is 7.17. The van der Waals surface area contributed by atoms with E-state index >= 15 is 0 Å². The van der Waals surface area contributed by atoms with Crippen LogP contribution in [0.15, 0.2) is 42.6 Å². The molecule has 2 heterocycles. The molecule has 0 aliphatic heterocycles. The summed E-state index contributed by atoms with van der Waals surface area (Å²) in [6.07, 6.45) is 4.47. The van der Waals surface area contributed by atoms with Crippen LogP contribution in [-0.2, 0) is 11.2 Å². The fourth-order valence-corrected chi connectivity index (χ4v) is 3.11. The molecular weight excluding hydrogens is 326 g/mol. The highest BCUT2D eigenvalue weighted by molar-refractivity contribution is 5.91. The molecule has 1 amide bonds. The van der Waals surface area contributed by atoms with Crippen LogP contribution in [0, 0.1) is 13.8 Å². The molecule has 0 atom stereocenters. The summed E-state index contributed by atoms with van der Waals surface area (Å²) in [6, 6.07) is 12.0. The van der Waals surface area contributed by atoms with Gasteiger partial charge in [-0.25, -0.2) is 9.97 Å². The van der Waals surface area contributed by atoms with Crippen molar-refractivity contribution in [3.63, 3.8) is 0 Å². The van der Waals surface area contributed by atoms with Gasteiger partial charge in [-0.3, -0.25) is 4.79 Å². The van der Waals surface area contributed by atoms with Crippen LogP contribution in [0.3, 0.4) is 0 Å². The van der Waals surface area contributed by atoms with Crippen molar-refractivity contribution in [2.45, 2.75) is 39.0 Å². The molecule has 4 rings (SSSR count). The van der Waals surface area contributed by atoms with E-state index in [1.807, 2.05) is 32.0 Å². The molecule has 0 unspecified atom stereocenters. The van der Waals surface area contributed by atoms with Crippen molar-refractivity contribution in [2.24, 2.45) is 0 Å². The van der Waals surface area contributed by atoms with Gasteiger partial charge in [0.15, 0.2) is 0 Å². The molecule has 2 aromatic heterocycles. The predicted octanol–water partition coefficient (Wildman–Crippen LogP) is 3.34. The fourth-order valence-electron chi connectivity index (χ4n) is 3.11. The third kappa shape index (κ3) is 3.64. The Balaban J connectivity index is 1.50. The van der Waals surface area contributed by atoms with Gasteiger partial charge >= 0.3 is 0 Å². The molecule has 0 bridgehead atoms. The maximum Gasteiger partial charge on any atom is 0.252 e. The summed E-state index contributed by atoms with van der Waals surface area (Å²) in [4.78, 5) is 21.3. The molecule has 0 saturated heterocycles. The number of nitrogens with one attached hydrogen (secondary N) is 1. The summed E-state index contributed by atoms with van der Waals surface area (Å²) >= 11 is 0. The topological polar surface area (TPSA) is 72.7 Å². The number of benzene rings is 1. The summed E-state index contributed by atoms with van der Waals surface area (Å²) in [5.74, 6) is 1.63. The van der Waals surface area contributed by atoms with Gasteiger partial charge in [0.25, 0.3) is 5.95 Å². The molecule has 6 nitrogen and oxygen atoms in total. The second kappa shape index (κ2) is 6.71. The lowest BCUT2D eigenvalue weighted by molar-refractivity contribution is -0.115. The Kier molecular flexibility index (Phi) is 4.24. The lowest BCUT2D eigenvalue weighted by Gasteiger charge is -2.09. The summed E-state index contributed by atoms with van der Waals surface area (Å²) in [6.45, 7) is 3.82. The lowest BCUT2D eigenvalue weighted by atomic mass is 10.0. The fraction of sp³-hybridized carbons (Fsp3) is 0.300. The van der Waals surface area contributed by atoms with E-state index in [1.165, 1.54) is 18.4 Å². The standard InChI is InChI=1S/C20H21N5O/c1-13-10-14(2)23-20(22-13)25-18(8-9-21-25)24-19(26)12-15-4-3-5-17(11-15)16-6-7-16/h3-5,8-11,16H,6-7,12H2,1-2H3,(H,24,26). The minimum absolute atomic E-state index is 0.0796. The number of carbonyl (C=O) groups excluding carboxylic acids is 1. The zero-order valence-corrected chi connectivity index (χ0v) is 14.9. The first kappa shape index (κ1) is 16.4. The van der Waals surface area contributed by atoms with E-state index in [9.17, 15) is 4.79 Å². The molecule has 1 saturated carbocycles. The van der Waals surface area contributed by atoms with Gasteiger partial charge in [-0.15, -0.1) is 0 Å². The smallest absolute Gasteiger partial charge is 0.252 e. The molecule has 1 N–H and O–H groups in total. The molecule has 1 fully saturated rings. The number of carbonyl (C=O) groups is 1. The van der Waals surface area contributed by atoms with Crippen LogP contribution in [0.4, 0.5) is 5.82 Å². The Morgan fingerprint density at radius 2 is 1.92 bits per heavy atom. The number of hydrogen-bond donors (Lipinski definition) is 1. The highest BCUT2D eigenvalue weighted by atomic mass is 16.1. The van der Waals surface area contributed by atoms with Gasteiger partial charge in [0, 0.05) is 17.5 Å². The minimum atomic E-state index is -0.0796. The molecule has 6 heteroatoms. The van der Waals surface area contributed by atoms with Crippen LogP contribution in [0.1, 0.15) is 41.3 Å². The molecule has 0 radical (unpaired) electrons. The number of hydrogen-bond acceptors (Lipinski definition) is 4. The Hall–Kier alpha value is -3.02. The quantitative estimate of drug-likeness (QED) is 0.768. The molecular formula is C20H21N5O. The van der Waals surface area contributed by atoms with E-state index in [-0.39, 0.29) is 5.91 Å². The second-order valence-electron chi connectivity index (χ2n) is 6.82. The predicted molar refractivity (Wildman–Crippen MR) is 99.4 cm³/mol. The zero-order valence-electron chi connectivity index (χ0n) is 14.9. The van der Waals surface area contributed by atoms with E-state index in [0.29, 0.717) is 24.1 Å². The van der Waals surface area contributed by atoms with Gasteiger partial charge in [0.1, 0.15) is 5.82 Å². The first-order chi connectivity index (χ1) is 12.6. The highest BCUT2D eigenvalue weighted by Gasteiger charge is 2.23. The Morgan fingerprint density at radius 1 is 1.15 bits per heavy atom. The molecule has 1 aliphatic rings. The van der Waals surface area contributed by atoms with Crippen molar-refractivity contribution in [3.05, 3.63) is 65.1 Å². The van der Waals surface area contributed by atoms with Crippen LogP contribution in [0.5, 0.6) is 0 Å². The summed E-state index contributed by atoms with van der Waals surface area (Å²) in [7, 11) is 0. The van der Waals surface area contributed by atoms with Gasteiger partial charge in [0.05, 0.1) is 12.6 Å². The number of nitrogens with zero attached hydrogens (tertiary/aromatic N) is 4. The van der Waals surface area contributed by atoms with Crippen molar-refractivity contribution in [1.29, 1.82) is 0 Å². The maximum atomic E-state index is 12.5. The van der Waals surface area contributed by atoms with Crippen LogP contribution >= 0.6 is 0 Å². The Bertz CT molecular complexity index is 938. The van der Waals surface area contributed by atoms with Gasteiger partial charge in [-0.2, -0.15) is 9.78 Å². The van der Waals surface area contributed by atoms with Crippen LogP contribution < -0.4 is 5.32 Å². The average Bonchev–Trinajstić information content (AvgIpc) is 3.34. The van der Waals surface area contributed by atoms with Gasteiger partial charge in [0.2, 0.25) is 5.91 Å². The SMILES string of the molecule is Cc1cc(C)nc(-n2nccc2NC(=O)Cc2cccc(C3CC3)c2)n1. The zero-order chi connectivity index (χ0) is 18.1. The number of anilines is 1. The molecule has 26 heavy (non-hydrogen) atoms. The third-order valence-corrected chi connectivity index (χ3v) is 4.43. The number of aryl methyl sites for hydroxylation is 2. The molecule has 1 aromatic carbocycles. The van der Waals surface area contributed by atoms with Gasteiger partial charge in [-0.1, -0.05) is 24.3 Å². The molecule has 3 aromatic rings. The van der Waals surface area contributed by atoms with Crippen molar-refractivity contribution < 1.29 is 4.79 Å². The molecule has 1 aliphatic carbocycles. The van der Waals surface area contributed by atoms with Gasteiger partial charge < -0.3 is 5.32 Å². The number of aromatic nitrogens is 4. The molecule has 0 spiro atoms. The van der Waals surface area contributed by atoms with Crippen molar-refractivity contribution in [3.8, 4) is 5.95 Å². The monoisotopic (exact) mass is 347 g/mol. The molecule has 132 valence electrons. The lowest BCUT2D eigenvalue weighted by Crippen LogP contribution is -2.18.